The van der Waals surface area contributed by atoms with E-state index in [4.69, 9.17) is 11.0 Å². The number of nitrogens with two attached hydrogens (primary N) is 1. The Labute approximate surface area is 127 Å². The predicted molar refractivity (Wildman–Crippen MR) is 82.3 cm³/mol. The summed E-state index contributed by atoms with van der Waals surface area (Å²) >= 11 is 0. The Morgan fingerprint density at radius 2 is 1.95 bits per heavy atom. The van der Waals surface area contributed by atoms with Gasteiger partial charge >= 0.3 is 0 Å². The van der Waals surface area contributed by atoms with Crippen molar-refractivity contribution in [3.8, 4) is 6.07 Å². The standard InChI is InChI=1S/C16H28N4O/c17-10-14-5-3-13(4-6-14)7-8-19-12-16(21)20-9-1-2-15(20)11-18/h13-15,19H,1-10,12,17H2/t13?,14?,15-/m0/s1. The van der Waals surface area contributed by atoms with Crippen LogP contribution in [0, 0.1) is 23.2 Å². The highest BCUT2D eigenvalue weighted by Crippen LogP contribution is 2.29. The van der Waals surface area contributed by atoms with Crippen molar-refractivity contribution in [1.29, 1.82) is 5.26 Å². The van der Waals surface area contributed by atoms with Crippen molar-refractivity contribution in [2.45, 2.75) is 51.0 Å². The van der Waals surface area contributed by atoms with Gasteiger partial charge in [-0.25, -0.2) is 0 Å². The van der Waals surface area contributed by atoms with Gasteiger partial charge in [-0.3, -0.25) is 4.79 Å². The fraction of sp³-hybridized carbons (Fsp3) is 0.875. The summed E-state index contributed by atoms with van der Waals surface area (Å²) < 4.78 is 0. The third-order valence-electron chi connectivity index (χ3n) is 5.03. The Bertz CT molecular complexity index is 371. The first-order chi connectivity index (χ1) is 10.2. The Hall–Kier alpha value is -1.12. The monoisotopic (exact) mass is 292 g/mol. The number of hydrogen-bond acceptors (Lipinski definition) is 4. The third-order valence-corrected chi connectivity index (χ3v) is 5.03. The van der Waals surface area contributed by atoms with Crippen LogP contribution in [0.2, 0.25) is 0 Å². The molecule has 2 fully saturated rings. The maximum absolute atomic E-state index is 12.0. The fourth-order valence-electron chi connectivity index (χ4n) is 3.56. The molecule has 118 valence electrons. The molecule has 1 heterocycles. The average molecular weight is 292 g/mol. The van der Waals surface area contributed by atoms with Crippen LogP contribution in [0.1, 0.15) is 44.9 Å². The summed E-state index contributed by atoms with van der Waals surface area (Å²) in [5.41, 5.74) is 5.71. The summed E-state index contributed by atoms with van der Waals surface area (Å²) in [5.74, 6) is 1.59. The molecule has 0 aromatic carbocycles. The van der Waals surface area contributed by atoms with Crippen LogP contribution in [0.3, 0.4) is 0 Å². The van der Waals surface area contributed by atoms with Crippen LogP contribution in [0.4, 0.5) is 0 Å². The lowest BCUT2D eigenvalue weighted by molar-refractivity contribution is -0.130. The molecule has 1 aliphatic heterocycles. The van der Waals surface area contributed by atoms with Gasteiger partial charge in [-0.15, -0.1) is 0 Å². The van der Waals surface area contributed by atoms with Gasteiger partial charge in [0.25, 0.3) is 0 Å². The van der Waals surface area contributed by atoms with E-state index in [0.29, 0.717) is 6.54 Å². The number of carbonyl (C=O) groups is 1. The molecule has 1 aliphatic carbocycles. The quantitative estimate of drug-likeness (QED) is 0.722. The van der Waals surface area contributed by atoms with Crippen molar-refractivity contribution >= 4 is 5.91 Å². The van der Waals surface area contributed by atoms with Crippen molar-refractivity contribution in [3.05, 3.63) is 0 Å². The van der Waals surface area contributed by atoms with E-state index >= 15 is 0 Å². The van der Waals surface area contributed by atoms with Crippen molar-refractivity contribution in [2.24, 2.45) is 17.6 Å². The highest BCUT2D eigenvalue weighted by atomic mass is 16.2. The second kappa shape index (κ2) is 8.35. The molecule has 0 aromatic heterocycles. The minimum atomic E-state index is -0.203. The number of nitrogens with zero attached hydrogens (tertiary/aromatic N) is 2. The second-order valence-corrected chi connectivity index (χ2v) is 6.46. The summed E-state index contributed by atoms with van der Waals surface area (Å²) in [6.07, 6.45) is 8.00. The molecule has 1 atom stereocenters. The lowest BCUT2D eigenvalue weighted by Crippen LogP contribution is -2.41. The minimum Gasteiger partial charge on any atom is -0.330 e. The molecule has 1 saturated carbocycles. The van der Waals surface area contributed by atoms with E-state index in [2.05, 4.69) is 11.4 Å². The first-order valence-corrected chi connectivity index (χ1v) is 8.34. The third kappa shape index (κ3) is 4.69. The summed E-state index contributed by atoms with van der Waals surface area (Å²) in [7, 11) is 0. The molecule has 0 spiro atoms. The van der Waals surface area contributed by atoms with E-state index in [9.17, 15) is 4.79 Å². The summed E-state index contributed by atoms with van der Waals surface area (Å²) in [4.78, 5) is 13.8. The van der Waals surface area contributed by atoms with Gasteiger partial charge in [0, 0.05) is 6.54 Å². The van der Waals surface area contributed by atoms with Crippen LogP contribution in [0.5, 0.6) is 0 Å². The van der Waals surface area contributed by atoms with Gasteiger partial charge in [0.2, 0.25) is 5.91 Å². The molecular formula is C16H28N4O. The van der Waals surface area contributed by atoms with E-state index in [1.807, 2.05) is 0 Å². The molecule has 0 radical (unpaired) electrons. The first-order valence-electron chi connectivity index (χ1n) is 8.34. The lowest BCUT2D eigenvalue weighted by atomic mass is 9.80. The lowest BCUT2D eigenvalue weighted by Gasteiger charge is -2.27. The van der Waals surface area contributed by atoms with Gasteiger partial charge in [-0.2, -0.15) is 5.26 Å². The summed E-state index contributed by atoms with van der Waals surface area (Å²) in [6.45, 7) is 2.84. The van der Waals surface area contributed by atoms with Crippen molar-refractivity contribution in [1.82, 2.24) is 10.2 Å². The smallest absolute Gasteiger partial charge is 0.237 e. The number of nitriles is 1. The Kier molecular flexibility index (Phi) is 6.47. The van der Waals surface area contributed by atoms with Gasteiger partial charge in [-0.1, -0.05) is 12.8 Å². The van der Waals surface area contributed by atoms with E-state index < -0.39 is 0 Å². The molecular weight excluding hydrogens is 264 g/mol. The number of amides is 1. The largest absolute Gasteiger partial charge is 0.330 e. The van der Waals surface area contributed by atoms with E-state index in [-0.39, 0.29) is 11.9 Å². The summed E-state index contributed by atoms with van der Waals surface area (Å²) in [5, 5.41) is 12.2. The van der Waals surface area contributed by atoms with Gasteiger partial charge in [0.1, 0.15) is 6.04 Å². The highest BCUT2D eigenvalue weighted by molar-refractivity contribution is 5.79. The number of nitrogens with one attached hydrogen (secondary N) is 1. The maximum Gasteiger partial charge on any atom is 0.237 e. The topological polar surface area (TPSA) is 82.2 Å². The molecule has 0 unspecified atom stereocenters. The van der Waals surface area contributed by atoms with Gasteiger partial charge < -0.3 is 16.0 Å². The van der Waals surface area contributed by atoms with Crippen LogP contribution >= 0.6 is 0 Å². The predicted octanol–water partition coefficient (Wildman–Crippen LogP) is 1.25. The zero-order valence-corrected chi connectivity index (χ0v) is 12.9. The second-order valence-electron chi connectivity index (χ2n) is 6.46. The Morgan fingerprint density at radius 3 is 2.62 bits per heavy atom. The van der Waals surface area contributed by atoms with Crippen molar-refractivity contribution in [3.63, 3.8) is 0 Å². The zero-order valence-electron chi connectivity index (χ0n) is 12.9. The molecule has 5 heteroatoms. The average Bonchev–Trinajstić information content (AvgIpc) is 3.00. The Morgan fingerprint density at radius 1 is 1.24 bits per heavy atom. The van der Waals surface area contributed by atoms with E-state index in [1.165, 1.54) is 25.7 Å². The number of likely N-dealkylation sites (tertiary alicyclic amines) is 1. The molecule has 0 bridgehead atoms. The van der Waals surface area contributed by atoms with Crippen LogP contribution in [0.15, 0.2) is 0 Å². The Balaban J connectivity index is 1.58. The normalized spacial score (nSPS) is 29.3. The van der Waals surface area contributed by atoms with Gasteiger partial charge in [0.05, 0.1) is 12.6 Å². The van der Waals surface area contributed by atoms with Crippen LogP contribution in [0.25, 0.3) is 0 Å². The molecule has 1 amide bonds. The molecule has 3 N–H and O–H groups in total. The van der Waals surface area contributed by atoms with E-state index in [1.54, 1.807) is 4.90 Å². The molecule has 21 heavy (non-hydrogen) atoms. The molecule has 1 saturated heterocycles. The highest BCUT2D eigenvalue weighted by Gasteiger charge is 2.28. The first kappa shape index (κ1) is 16.3. The van der Waals surface area contributed by atoms with E-state index in [0.717, 1.165) is 50.7 Å². The molecule has 0 aromatic rings. The van der Waals surface area contributed by atoms with Crippen molar-refractivity contribution < 1.29 is 4.79 Å². The van der Waals surface area contributed by atoms with Crippen LogP contribution < -0.4 is 11.1 Å². The van der Waals surface area contributed by atoms with Gasteiger partial charge in [0.15, 0.2) is 0 Å². The minimum absolute atomic E-state index is 0.0749. The van der Waals surface area contributed by atoms with Crippen LogP contribution in [-0.4, -0.2) is 43.0 Å². The van der Waals surface area contributed by atoms with Crippen molar-refractivity contribution in [2.75, 3.05) is 26.2 Å². The fourth-order valence-corrected chi connectivity index (χ4v) is 3.56. The number of hydrogen-bond donors (Lipinski definition) is 2. The molecule has 5 nitrogen and oxygen atoms in total. The zero-order chi connectivity index (χ0) is 15.1. The van der Waals surface area contributed by atoms with Gasteiger partial charge in [-0.05, 0) is 57.0 Å². The van der Waals surface area contributed by atoms with Crippen LogP contribution in [-0.2, 0) is 4.79 Å². The number of carbonyl (C=O) groups excluding carboxylic acids is 1. The molecule has 2 rings (SSSR count). The molecule has 2 aliphatic rings. The summed E-state index contributed by atoms with van der Waals surface area (Å²) in [6, 6.07) is 2.01. The number of rotatable bonds is 6. The SMILES string of the molecule is N#C[C@@H]1CCCN1C(=O)CNCCC1CCC(CN)CC1. The maximum atomic E-state index is 12.0.